The summed E-state index contributed by atoms with van der Waals surface area (Å²) in [6, 6.07) is 14.5. The smallest absolute Gasteiger partial charge is 0.0439 e. The monoisotopic (exact) mass is 277 g/mol. The van der Waals surface area contributed by atoms with Gasteiger partial charge < -0.3 is 5.32 Å². The fourth-order valence-electron chi connectivity index (χ4n) is 2.46. The fourth-order valence-corrected chi connectivity index (χ4v) is 2.85. The summed E-state index contributed by atoms with van der Waals surface area (Å²) >= 11 is 12.2. The van der Waals surface area contributed by atoms with Crippen molar-refractivity contribution in [3.05, 3.63) is 63.6 Å². The first-order valence-electron chi connectivity index (χ1n) is 6.01. The molecule has 1 aliphatic rings. The van der Waals surface area contributed by atoms with Crippen LogP contribution in [-0.4, -0.2) is 6.04 Å². The van der Waals surface area contributed by atoms with Gasteiger partial charge in [0.05, 0.1) is 0 Å². The molecule has 0 bridgehead atoms. The minimum atomic E-state index is 0.401. The lowest BCUT2D eigenvalue weighted by Crippen LogP contribution is -2.18. The maximum atomic E-state index is 6.20. The van der Waals surface area contributed by atoms with Crippen LogP contribution in [0.5, 0.6) is 0 Å². The molecule has 3 rings (SSSR count). The van der Waals surface area contributed by atoms with Gasteiger partial charge in [-0.05, 0) is 48.2 Å². The molecule has 1 atom stereocenters. The third-order valence-electron chi connectivity index (χ3n) is 3.32. The maximum Gasteiger partial charge on any atom is 0.0439 e. The van der Waals surface area contributed by atoms with E-state index in [1.807, 2.05) is 18.2 Å². The molecule has 0 aromatic heterocycles. The van der Waals surface area contributed by atoms with Crippen molar-refractivity contribution >= 4 is 28.9 Å². The van der Waals surface area contributed by atoms with E-state index in [1.54, 1.807) is 0 Å². The van der Waals surface area contributed by atoms with E-state index in [1.165, 1.54) is 11.3 Å². The maximum absolute atomic E-state index is 6.20. The number of hydrogen-bond donors (Lipinski definition) is 1. The Balaban J connectivity index is 1.78. The van der Waals surface area contributed by atoms with Crippen LogP contribution in [0.15, 0.2) is 42.5 Å². The van der Waals surface area contributed by atoms with Crippen LogP contribution in [0.1, 0.15) is 11.1 Å². The molecule has 0 saturated carbocycles. The highest BCUT2D eigenvalue weighted by atomic mass is 35.5. The lowest BCUT2D eigenvalue weighted by Gasteiger charge is -2.12. The molecule has 0 saturated heterocycles. The molecule has 2 aromatic rings. The summed E-state index contributed by atoms with van der Waals surface area (Å²) in [5, 5.41) is 5.06. The SMILES string of the molecule is Clc1ccc(Cl)c(CC2Cc3ccccc3N2)c1. The summed E-state index contributed by atoms with van der Waals surface area (Å²) in [6.45, 7) is 0. The molecular formula is C15H13Cl2N. The predicted molar refractivity (Wildman–Crippen MR) is 77.7 cm³/mol. The van der Waals surface area contributed by atoms with Gasteiger partial charge in [0, 0.05) is 21.8 Å². The second-order valence-electron chi connectivity index (χ2n) is 4.64. The summed E-state index contributed by atoms with van der Waals surface area (Å²) < 4.78 is 0. The minimum Gasteiger partial charge on any atom is -0.381 e. The van der Waals surface area contributed by atoms with Crippen molar-refractivity contribution in [1.82, 2.24) is 0 Å². The molecule has 0 radical (unpaired) electrons. The standard InChI is InChI=1S/C15H13Cl2N/c16-12-5-6-14(17)11(7-12)9-13-8-10-3-1-2-4-15(10)18-13/h1-7,13,18H,8-9H2. The van der Waals surface area contributed by atoms with Crippen LogP contribution < -0.4 is 5.32 Å². The summed E-state index contributed by atoms with van der Waals surface area (Å²) in [4.78, 5) is 0. The second kappa shape index (κ2) is 4.83. The molecule has 3 heteroatoms. The molecule has 0 fully saturated rings. The third kappa shape index (κ3) is 2.33. The highest BCUT2D eigenvalue weighted by Crippen LogP contribution is 2.29. The summed E-state index contributed by atoms with van der Waals surface area (Å²) in [5.74, 6) is 0. The van der Waals surface area contributed by atoms with Crippen molar-refractivity contribution in [3.63, 3.8) is 0 Å². The highest BCUT2D eigenvalue weighted by Gasteiger charge is 2.20. The van der Waals surface area contributed by atoms with Crippen molar-refractivity contribution in [1.29, 1.82) is 0 Å². The second-order valence-corrected chi connectivity index (χ2v) is 5.49. The number of para-hydroxylation sites is 1. The van der Waals surface area contributed by atoms with E-state index in [0.29, 0.717) is 6.04 Å². The van der Waals surface area contributed by atoms with E-state index in [0.717, 1.165) is 28.5 Å². The van der Waals surface area contributed by atoms with Crippen molar-refractivity contribution in [2.45, 2.75) is 18.9 Å². The van der Waals surface area contributed by atoms with Crippen molar-refractivity contribution in [3.8, 4) is 0 Å². The molecule has 1 N–H and O–H groups in total. The Morgan fingerprint density at radius 2 is 1.94 bits per heavy atom. The van der Waals surface area contributed by atoms with Crippen LogP contribution in [0.2, 0.25) is 10.0 Å². The van der Waals surface area contributed by atoms with Crippen molar-refractivity contribution in [2.75, 3.05) is 5.32 Å². The molecule has 92 valence electrons. The Hall–Kier alpha value is -1.18. The first-order valence-corrected chi connectivity index (χ1v) is 6.76. The number of anilines is 1. The molecular weight excluding hydrogens is 265 g/mol. The first-order chi connectivity index (χ1) is 8.72. The Bertz CT molecular complexity index is 555. The van der Waals surface area contributed by atoms with E-state index >= 15 is 0 Å². The lowest BCUT2D eigenvalue weighted by molar-refractivity contribution is 0.746. The number of halogens is 2. The zero-order chi connectivity index (χ0) is 12.5. The van der Waals surface area contributed by atoms with Gasteiger partial charge in [0.15, 0.2) is 0 Å². The summed E-state index contributed by atoms with van der Waals surface area (Å²) in [5.41, 5.74) is 3.72. The van der Waals surface area contributed by atoms with Crippen LogP contribution in [0, 0.1) is 0 Å². The summed E-state index contributed by atoms with van der Waals surface area (Å²) in [7, 11) is 0. The van der Waals surface area contributed by atoms with Crippen LogP contribution in [0.3, 0.4) is 0 Å². The summed E-state index contributed by atoms with van der Waals surface area (Å²) in [6.07, 6.45) is 1.94. The van der Waals surface area contributed by atoms with E-state index in [9.17, 15) is 0 Å². The van der Waals surface area contributed by atoms with Crippen LogP contribution >= 0.6 is 23.2 Å². The quantitative estimate of drug-likeness (QED) is 0.848. The van der Waals surface area contributed by atoms with E-state index in [-0.39, 0.29) is 0 Å². The molecule has 0 spiro atoms. The predicted octanol–water partition coefficient (Wildman–Crippen LogP) is 4.57. The van der Waals surface area contributed by atoms with Gasteiger partial charge in [-0.2, -0.15) is 0 Å². The topological polar surface area (TPSA) is 12.0 Å². The molecule has 2 aromatic carbocycles. The Morgan fingerprint density at radius 3 is 2.78 bits per heavy atom. The third-order valence-corrected chi connectivity index (χ3v) is 3.92. The Kier molecular flexibility index (Phi) is 3.19. The van der Waals surface area contributed by atoms with Gasteiger partial charge >= 0.3 is 0 Å². The highest BCUT2D eigenvalue weighted by molar-refractivity contribution is 6.33. The van der Waals surface area contributed by atoms with Crippen LogP contribution in [-0.2, 0) is 12.8 Å². The molecule has 1 heterocycles. The van der Waals surface area contributed by atoms with Gasteiger partial charge in [0.25, 0.3) is 0 Å². The normalized spacial score (nSPS) is 17.3. The first kappa shape index (κ1) is 11.9. The zero-order valence-electron chi connectivity index (χ0n) is 9.79. The number of benzene rings is 2. The molecule has 1 aliphatic heterocycles. The van der Waals surface area contributed by atoms with Gasteiger partial charge in [0.1, 0.15) is 0 Å². The van der Waals surface area contributed by atoms with Gasteiger partial charge in [-0.1, -0.05) is 41.4 Å². The molecule has 1 unspecified atom stereocenters. The van der Waals surface area contributed by atoms with Gasteiger partial charge in [-0.15, -0.1) is 0 Å². The van der Waals surface area contributed by atoms with Crippen molar-refractivity contribution < 1.29 is 0 Å². The average Bonchev–Trinajstić information content (AvgIpc) is 2.76. The van der Waals surface area contributed by atoms with Gasteiger partial charge in [-0.25, -0.2) is 0 Å². The minimum absolute atomic E-state index is 0.401. The van der Waals surface area contributed by atoms with Crippen LogP contribution in [0.25, 0.3) is 0 Å². The van der Waals surface area contributed by atoms with Gasteiger partial charge in [-0.3, -0.25) is 0 Å². The fraction of sp³-hybridized carbons (Fsp3) is 0.200. The Labute approximate surface area is 117 Å². The van der Waals surface area contributed by atoms with E-state index < -0.39 is 0 Å². The zero-order valence-corrected chi connectivity index (χ0v) is 11.3. The van der Waals surface area contributed by atoms with E-state index in [4.69, 9.17) is 23.2 Å². The number of hydrogen-bond acceptors (Lipinski definition) is 1. The average molecular weight is 278 g/mol. The number of rotatable bonds is 2. The van der Waals surface area contributed by atoms with Gasteiger partial charge in [0.2, 0.25) is 0 Å². The largest absolute Gasteiger partial charge is 0.381 e. The molecule has 0 aliphatic carbocycles. The Morgan fingerprint density at radius 1 is 1.11 bits per heavy atom. The lowest BCUT2D eigenvalue weighted by atomic mass is 10.0. The molecule has 1 nitrogen and oxygen atoms in total. The molecule has 0 amide bonds. The molecule has 18 heavy (non-hydrogen) atoms. The van der Waals surface area contributed by atoms with E-state index in [2.05, 4.69) is 29.6 Å². The van der Waals surface area contributed by atoms with Crippen molar-refractivity contribution in [2.24, 2.45) is 0 Å². The number of fused-ring (bicyclic) bond motifs is 1. The number of nitrogens with one attached hydrogen (secondary N) is 1. The van der Waals surface area contributed by atoms with Crippen LogP contribution in [0.4, 0.5) is 5.69 Å².